The molecule has 2 amide bonds. The maximum atomic E-state index is 12.1. The first-order valence-electron chi connectivity index (χ1n) is 8.29. The Balaban J connectivity index is 1.76. The van der Waals surface area contributed by atoms with Crippen LogP contribution in [-0.2, 0) is 9.59 Å². The van der Waals surface area contributed by atoms with Gasteiger partial charge in [-0.05, 0) is 32.0 Å². The summed E-state index contributed by atoms with van der Waals surface area (Å²) < 4.78 is 0. The van der Waals surface area contributed by atoms with E-state index >= 15 is 0 Å². The summed E-state index contributed by atoms with van der Waals surface area (Å²) in [5.41, 5.74) is 1.11. The highest BCUT2D eigenvalue weighted by Gasteiger charge is 2.21. The summed E-state index contributed by atoms with van der Waals surface area (Å²) in [6.07, 6.45) is 0. The molecule has 1 saturated heterocycles. The molecule has 0 bridgehead atoms. The lowest BCUT2D eigenvalue weighted by atomic mass is 10.2. The molecule has 1 heterocycles. The van der Waals surface area contributed by atoms with Gasteiger partial charge in [-0.25, -0.2) is 0 Å². The number of nitrogens with zero attached hydrogens (tertiary/aromatic N) is 2. The fraction of sp³-hybridized carbons (Fsp3) is 0.529. The SMILES string of the molecule is CCNC(=O)[C@@H](C)NC(=O)CN1CCN(c2cccc(Cl)c2)CC1. The second-order valence-electron chi connectivity index (χ2n) is 5.93. The Morgan fingerprint density at radius 3 is 2.58 bits per heavy atom. The zero-order chi connectivity index (χ0) is 17.5. The average molecular weight is 353 g/mol. The predicted octanol–water partition coefficient (Wildman–Crippen LogP) is 1.10. The Hall–Kier alpha value is -1.79. The molecule has 24 heavy (non-hydrogen) atoms. The van der Waals surface area contributed by atoms with Crippen molar-refractivity contribution in [3.05, 3.63) is 29.3 Å². The van der Waals surface area contributed by atoms with Crippen molar-refractivity contribution >= 4 is 29.1 Å². The van der Waals surface area contributed by atoms with Gasteiger partial charge < -0.3 is 15.5 Å². The van der Waals surface area contributed by atoms with E-state index in [2.05, 4.69) is 20.4 Å². The molecule has 6 nitrogen and oxygen atoms in total. The number of halogens is 1. The molecular weight excluding hydrogens is 328 g/mol. The third kappa shape index (κ3) is 5.39. The highest BCUT2D eigenvalue weighted by molar-refractivity contribution is 6.30. The normalized spacial score (nSPS) is 16.5. The Labute approximate surface area is 148 Å². The van der Waals surface area contributed by atoms with Crippen LogP contribution in [0.25, 0.3) is 0 Å². The van der Waals surface area contributed by atoms with Crippen LogP contribution in [0.4, 0.5) is 5.69 Å². The maximum absolute atomic E-state index is 12.1. The zero-order valence-electron chi connectivity index (χ0n) is 14.2. The van der Waals surface area contributed by atoms with E-state index in [0.29, 0.717) is 13.1 Å². The number of amides is 2. The zero-order valence-corrected chi connectivity index (χ0v) is 15.0. The minimum atomic E-state index is -0.509. The maximum Gasteiger partial charge on any atom is 0.242 e. The summed E-state index contributed by atoms with van der Waals surface area (Å²) >= 11 is 6.04. The van der Waals surface area contributed by atoms with Crippen molar-refractivity contribution < 1.29 is 9.59 Å². The van der Waals surface area contributed by atoms with Gasteiger partial charge in [0, 0.05) is 43.4 Å². The number of nitrogens with one attached hydrogen (secondary N) is 2. The molecule has 2 rings (SSSR count). The number of carbonyl (C=O) groups excluding carboxylic acids is 2. The van der Waals surface area contributed by atoms with Gasteiger partial charge in [0.1, 0.15) is 6.04 Å². The number of carbonyl (C=O) groups is 2. The standard InChI is InChI=1S/C17H25ClN4O2/c1-3-19-17(24)13(2)20-16(23)12-21-7-9-22(10-8-21)15-6-4-5-14(18)11-15/h4-6,11,13H,3,7-10,12H2,1-2H3,(H,19,24)(H,20,23)/t13-/m1/s1. The van der Waals surface area contributed by atoms with Crippen molar-refractivity contribution in [1.29, 1.82) is 0 Å². The lowest BCUT2D eigenvalue weighted by molar-refractivity contribution is -0.129. The van der Waals surface area contributed by atoms with Crippen LogP contribution in [-0.4, -0.2) is 62.0 Å². The van der Waals surface area contributed by atoms with E-state index in [9.17, 15) is 9.59 Å². The van der Waals surface area contributed by atoms with Crippen LogP contribution in [0.5, 0.6) is 0 Å². The highest BCUT2D eigenvalue weighted by atomic mass is 35.5. The van der Waals surface area contributed by atoms with Crippen molar-refractivity contribution in [3.8, 4) is 0 Å². The van der Waals surface area contributed by atoms with Crippen molar-refractivity contribution in [1.82, 2.24) is 15.5 Å². The molecular formula is C17H25ClN4O2. The molecule has 0 aliphatic carbocycles. The number of rotatable bonds is 6. The van der Waals surface area contributed by atoms with Gasteiger partial charge in [-0.3, -0.25) is 14.5 Å². The summed E-state index contributed by atoms with van der Waals surface area (Å²) in [6, 6.07) is 7.30. The van der Waals surface area contributed by atoms with Crippen molar-refractivity contribution in [2.45, 2.75) is 19.9 Å². The van der Waals surface area contributed by atoms with E-state index in [1.165, 1.54) is 0 Å². The smallest absolute Gasteiger partial charge is 0.242 e. The van der Waals surface area contributed by atoms with Gasteiger partial charge in [-0.1, -0.05) is 17.7 Å². The number of likely N-dealkylation sites (N-methyl/N-ethyl adjacent to an activating group) is 1. The van der Waals surface area contributed by atoms with E-state index in [1.807, 2.05) is 31.2 Å². The lowest BCUT2D eigenvalue weighted by Gasteiger charge is -2.35. The third-order valence-electron chi connectivity index (χ3n) is 4.03. The minimum absolute atomic E-state index is 0.120. The van der Waals surface area contributed by atoms with Crippen LogP contribution in [0.2, 0.25) is 5.02 Å². The third-order valence-corrected chi connectivity index (χ3v) is 4.27. The summed E-state index contributed by atoms with van der Waals surface area (Å²) in [5.74, 6) is -0.276. The molecule has 1 aliphatic rings. The molecule has 2 N–H and O–H groups in total. The molecule has 132 valence electrons. The first-order valence-corrected chi connectivity index (χ1v) is 8.67. The largest absolute Gasteiger partial charge is 0.369 e. The highest BCUT2D eigenvalue weighted by Crippen LogP contribution is 2.20. The number of benzene rings is 1. The number of hydrogen-bond donors (Lipinski definition) is 2. The molecule has 0 unspecified atom stereocenters. The molecule has 1 atom stereocenters. The molecule has 0 saturated carbocycles. The van der Waals surface area contributed by atoms with Gasteiger partial charge in [0.15, 0.2) is 0 Å². The monoisotopic (exact) mass is 352 g/mol. The Morgan fingerprint density at radius 1 is 1.25 bits per heavy atom. The minimum Gasteiger partial charge on any atom is -0.369 e. The van der Waals surface area contributed by atoms with Gasteiger partial charge in [-0.2, -0.15) is 0 Å². The fourth-order valence-electron chi connectivity index (χ4n) is 2.72. The summed E-state index contributed by atoms with van der Waals surface area (Å²) in [4.78, 5) is 28.1. The second kappa shape index (κ2) is 8.89. The first kappa shape index (κ1) is 18.5. The van der Waals surface area contributed by atoms with E-state index < -0.39 is 6.04 Å². The first-order chi connectivity index (χ1) is 11.5. The van der Waals surface area contributed by atoms with Crippen LogP contribution in [0.3, 0.4) is 0 Å². The van der Waals surface area contributed by atoms with Gasteiger partial charge >= 0.3 is 0 Å². The Bertz CT molecular complexity index is 573. The van der Waals surface area contributed by atoms with Crippen LogP contribution in [0.1, 0.15) is 13.8 Å². The summed E-state index contributed by atoms with van der Waals surface area (Å²) in [5, 5.41) is 6.17. The van der Waals surface area contributed by atoms with Gasteiger partial charge in [0.05, 0.1) is 6.54 Å². The van der Waals surface area contributed by atoms with Crippen molar-refractivity contribution in [2.24, 2.45) is 0 Å². The van der Waals surface area contributed by atoms with Crippen molar-refractivity contribution in [3.63, 3.8) is 0 Å². The molecule has 1 aromatic carbocycles. The molecule has 1 fully saturated rings. The van der Waals surface area contributed by atoms with Gasteiger partial charge in [0.25, 0.3) is 0 Å². The van der Waals surface area contributed by atoms with Gasteiger partial charge in [-0.15, -0.1) is 0 Å². The summed E-state index contributed by atoms with van der Waals surface area (Å²) in [7, 11) is 0. The lowest BCUT2D eigenvalue weighted by Crippen LogP contribution is -2.52. The van der Waals surface area contributed by atoms with E-state index in [4.69, 9.17) is 11.6 Å². The molecule has 7 heteroatoms. The molecule has 0 aromatic heterocycles. The molecule has 0 spiro atoms. The van der Waals surface area contributed by atoms with Crippen LogP contribution < -0.4 is 15.5 Å². The molecule has 0 radical (unpaired) electrons. The van der Waals surface area contributed by atoms with E-state index in [-0.39, 0.29) is 11.8 Å². The molecule has 1 aliphatic heterocycles. The van der Waals surface area contributed by atoms with Crippen LogP contribution >= 0.6 is 11.6 Å². The number of hydrogen-bond acceptors (Lipinski definition) is 4. The quantitative estimate of drug-likeness (QED) is 0.804. The predicted molar refractivity (Wildman–Crippen MR) is 96.4 cm³/mol. The summed E-state index contributed by atoms with van der Waals surface area (Å²) in [6.45, 7) is 7.72. The van der Waals surface area contributed by atoms with Crippen molar-refractivity contribution in [2.75, 3.05) is 44.2 Å². The number of piperazine rings is 1. The average Bonchev–Trinajstić information content (AvgIpc) is 2.55. The van der Waals surface area contributed by atoms with Gasteiger partial charge in [0.2, 0.25) is 11.8 Å². The second-order valence-corrected chi connectivity index (χ2v) is 6.36. The fourth-order valence-corrected chi connectivity index (χ4v) is 2.90. The van der Waals surface area contributed by atoms with E-state index in [1.54, 1.807) is 6.92 Å². The Morgan fingerprint density at radius 2 is 1.96 bits per heavy atom. The van der Waals surface area contributed by atoms with Crippen LogP contribution in [0.15, 0.2) is 24.3 Å². The van der Waals surface area contributed by atoms with E-state index in [0.717, 1.165) is 36.9 Å². The van der Waals surface area contributed by atoms with Crippen LogP contribution in [0, 0.1) is 0 Å². The number of anilines is 1. The Kier molecular flexibility index (Phi) is 6.87. The topological polar surface area (TPSA) is 64.7 Å². The molecule has 1 aromatic rings.